The van der Waals surface area contributed by atoms with Crippen LogP contribution in [0.2, 0.25) is 5.02 Å². The van der Waals surface area contributed by atoms with E-state index in [1.165, 1.54) is 32.1 Å². The highest BCUT2D eigenvalue weighted by atomic mass is 35.5. The van der Waals surface area contributed by atoms with E-state index in [1.807, 2.05) is 19.3 Å². The van der Waals surface area contributed by atoms with Crippen LogP contribution in [0.5, 0.6) is 0 Å². The van der Waals surface area contributed by atoms with Crippen LogP contribution in [0.15, 0.2) is 12.3 Å². The van der Waals surface area contributed by atoms with Gasteiger partial charge < -0.3 is 10.2 Å². The molecule has 0 radical (unpaired) electrons. The molecule has 100 valence electrons. The lowest BCUT2D eigenvalue weighted by Gasteiger charge is -2.26. The molecule has 4 heteroatoms. The van der Waals surface area contributed by atoms with Crippen molar-refractivity contribution in [3.63, 3.8) is 0 Å². The Kier molecular flexibility index (Phi) is 5.26. The largest absolute Gasteiger partial charge is 0.355 e. The van der Waals surface area contributed by atoms with Crippen LogP contribution in [0, 0.1) is 0 Å². The molecule has 0 unspecified atom stereocenters. The fourth-order valence-electron chi connectivity index (χ4n) is 2.46. The van der Waals surface area contributed by atoms with Crippen molar-refractivity contribution in [2.45, 2.75) is 38.6 Å². The highest BCUT2D eigenvalue weighted by Crippen LogP contribution is 2.26. The minimum Gasteiger partial charge on any atom is -0.355 e. The van der Waals surface area contributed by atoms with Gasteiger partial charge >= 0.3 is 0 Å². The van der Waals surface area contributed by atoms with Crippen LogP contribution < -0.4 is 10.2 Å². The van der Waals surface area contributed by atoms with Gasteiger partial charge in [0.15, 0.2) is 0 Å². The minimum atomic E-state index is 0.781. The minimum absolute atomic E-state index is 0.781. The van der Waals surface area contributed by atoms with Gasteiger partial charge in [0.05, 0.1) is 5.02 Å². The zero-order chi connectivity index (χ0) is 12.8. The van der Waals surface area contributed by atoms with Gasteiger partial charge in [-0.15, -0.1) is 0 Å². The third-order valence-corrected chi connectivity index (χ3v) is 3.69. The van der Waals surface area contributed by atoms with E-state index in [2.05, 4.69) is 15.2 Å². The van der Waals surface area contributed by atoms with E-state index < -0.39 is 0 Å². The Labute approximate surface area is 115 Å². The van der Waals surface area contributed by atoms with Crippen molar-refractivity contribution < 1.29 is 0 Å². The van der Waals surface area contributed by atoms with Crippen LogP contribution in [-0.4, -0.2) is 25.1 Å². The molecule has 1 N–H and O–H groups in total. The van der Waals surface area contributed by atoms with Crippen molar-refractivity contribution in [2.75, 3.05) is 25.0 Å². The molecule has 0 atom stereocenters. The maximum absolute atomic E-state index is 6.36. The van der Waals surface area contributed by atoms with Crippen LogP contribution in [0.3, 0.4) is 0 Å². The number of nitrogens with one attached hydrogen (secondary N) is 1. The molecule has 1 aliphatic rings. The number of aromatic nitrogens is 1. The van der Waals surface area contributed by atoms with Crippen molar-refractivity contribution in [3.8, 4) is 0 Å². The molecule has 1 fully saturated rings. The average molecular weight is 268 g/mol. The first-order valence-electron chi connectivity index (χ1n) is 6.85. The molecule has 3 nitrogen and oxygen atoms in total. The summed E-state index contributed by atoms with van der Waals surface area (Å²) in [5, 5.41) is 3.90. The van der Waals surface area contributed by atoms with E-state index in [0.717, 1.165) is 36.0 Å². The average Bonchev–Trinajstić information content (AvgIpc) is 2.30. The van der Waals surface area contributed by atoms with Crippen molar-refractivity contribution in [2.24, 2.45) is 0 Å². The van der Waals surface area contributed by atoms with Gasteiger partial charge in [-0.25, -0.2) is 4.98 Å². The molecule has 18 heavy (non-hydrogen) atoms. The lowest BCUT2D eigenvalue weighted by atomic mass is 10.1. The second-order valence-electron chi connectivity index (χ2n) is 4.93. The van der Waals surface area contributed by atoms with E-state index in [4.69, 9.17) is 11.6 Å². The van der Waals surface area contributed by atoms with Crippen LogP contribution in [0.25, 0.3) is 0 Å². The monoisotopic (exact) mass is 267 g/mol. The van der Waals surface area contributed by atoms with Crippen LogP contribution in [-0.2, 0) is 6.54 Å². The molecule has 0 aliphatic carbocycles. The van der Waals surface area contributed by atoms with E-state index in [-0.39, 0.29) is 0 Å². The van der Waals surface area contributed by atoms with Gasteiger partial charge in [-0.3, -0.25) is 0 Å². The number of pyridine rings is 1. The number of hydrogen-bond donors (Lipinski definition) is 1. The number of nitrogens with zero attached hydrogens (tertiary/aromatic N) is 2. The van der Waals surface area contributed by atoms with Gasteiger partial charge in [-0.05, 0) is 31.5 Å². The van der Waals surface area contributed by atoms with Crippen LogP contribution in [0.1, 0.15) is 37.7 Å². The summed E-state index contributed by atoms with van der Waals surface area (Å²) in [6.07, 6.45) is 8.44. The molecule has 0 aromatic carbocycles. The fourth-order valence-corrected chi connectivity index (χ4v) is 2.77. The second-order valence-corrected chi connectivity index (χ2v) is 5.34. The SMILES string of the molecule is CNCc1cnc(N2CCCCCCC2)c(Cl)c1. The molecule has 0 saturated carbocycles. The quantitative estimate of drug-likeness (QED) is 0.911. The van der Waals surface area contributed by atoms with Crippen LogP contribution >= 0.6 is 11.6 Å². The lowest BCUT2D eigenvalue weighted by molar-refractivity contribution is 0.554. The summed E-state index contributed by atoms with van der Waals surface area (Å²) >= 11 is 6.36. The predicted molar refractivity (Wildman–Crippen MR) is 77.3 cm³/mol. The van der Waals surface area contributed by atoms with Crippen molar-refractivity contribution in [1.82, 2.24) is 10.3 Å². The zero-order valence-electron chi connectivity index (χ0n) is 11.1. The van der Waals surface area contributed by atoms with Gasteiger partial charge in [-0.2, -0.15) is 0 Å². The van der Waals surface area contributed by atoms with Gasteiger partial charge in [0.2, 0.25) is 0 Å². The topological polar surface area (TPSA) is 28.2 Å². The number of hydrogen-bond acceptors (Lipinski definition) is 3. The first kappa shape index (κ1) is 13.6. The van der Waals surface area contributed by atoms with E-state index >= 15 is 0 Å². The fraction of sp³-hybridized carbons (Fsp3) is 0.643. The van der Waals surface area contributed by atoms with Gasteiger partial charge in [0.1, 0.15) is 5.82 Å². The summed E-state index contributed by atoms with van der Waals surface area (Å²) in [5.41, 5.74) is 1.14. The molecule has 1 saturated heterocycles. The van der Waals surface area contributed by atoms with Crippen molar-refractivity contribution in [1.29, 1.82) is 0 Å². The lowest BCUT2D eigenvalue weighted by Crippen LogP contribution is -2.28. The first-order chi connectivity index (χ1) is 8.81. The number of halogens is 1. The maximum atomic E-state index is 6.36. The highest BCUT2D eigenvalue weighted by Gasteiger charge is 2.13. The molecule has 0 bridgehead atoms. The highest BCUT2D eigenvalue weighted by molar-refractivity contribution is 6.33. The molecule has 2 heterocycles. The van der Waals surface area contributed by atoms with Gasteiger partial charge in [-0.1, -0.05) is 30.9 Å². The predicted octanol–water partition coefficient (Wildman–Crippen LogP) is 3.22. The van der Waals surface area contributed by atoms with Crippen molar-refractivity contribution in [3.05, 3.63) is 22.8 Å². The normalized spacial score (nSPS) is 17.3. The number of anilines is 1. The molecular weight excluding hydrogens is 246 g/mol. The maximum Gasteiger partial charge on any atom is 0.147 e. The van der Waals surface area contributed by atoms with E-state index in [9.17, 15) is 0 Å². The number of rotatable bonds is 3. The molecule has 1 aromatic heterocycles. The zero-order valence-corrected chi connectivity index (χ0v) is 11.8. The summed E-state index contributed by atoms with van der Waals surface area (Å²) in [7, 11) is 1.93. The third kappa shape index (κ3) is 3.59. The Morgan fingerprint density at radius 2 is 1.89 bits per heavy atom. The first-order valence-corrected chi connectivity index (χ1v) is 7.23. The Morgan fingerprint density at radius 1 is 1.22 bits per heavy atom. The molecule has 0 spiro atoms. The summed E-state index contributed by atoms with van der Waals surface area (Å²) < 4.78 is 0. The molecule has 2 rings (SSSR count). The summed E-state index contributed by atoms with van der Waals surface area (Å²) in [6.45, 7) is 2.98. The van der Waals surface area contributed by atoms with Gasteiger partial charge in [0.25, 0.3) is 0 Å². The van der Waals surface area contributed by atoms with Gasteiger partial charge in [0, 0.05) is 25.8 Å². The Bertz CT molecular complexity index is 373. The van der Waals surface area contributed by atoms with E-state index in [1.54, 1.807) is 0 Å². The molecule has 1 aromatic rings. The third-order valence-electron chi connectivity index (χ3n) is 3.41. The molecule has 1 aliphatic heterocycles. The van der Waals surface area contributed by atoms with Crippen LogP contribution in [0.4, 0.5) is 5.82 Å². The van der Waals surface area contributed by atoms with E-state index in [0.29, 0.717) is 0 Å². The smallest absolute Gasteiger partial charge is 0.147 e. The molecule has 0 amide bonds. The Morgan fingerprint density at radius 3 is 2.50 bits per heavy atom. The van der Waals surface area contributed by atoms with Crippen molar-refractivity contribution >= 4 is 17.4 Å². The summed E-state index contributed by atoms with van der Waals surface area (Å²) in [6, 6.07) is 2.03. The standard InChI is InChI=1S/C14H22ClN3/c1-16-10-12-9-13(15)14(17-11-12)18-7-5-3-2-4-6-8-18/h9,11,16H,2-8,10H2,1H3. The Balaban J connectivity index is 2.10. The second kappa shape index (κ2) is 6.95. The summed E-state index contributed by atoms with van der Waals surface area (Å²) in [4.78, 5) is 6.88. The summed E-state index contributed by atoms with van der Waals surface area (Å²) in [5.74, 6) is 0.957. The Hall–Kier alpha value is -0.800. The molecular formula is C14H22ClN3.